The zero-order valence-corrected chi connectivity index (χ0v) is 12.2. The van der Waals surface area contributed by atoms with Crippen molar-refractivity contribution >= 4 is 5.95 Å². The summed E-state index contributed by atoms with van der Waals surface area (Å²) in [5.41, 5.74) is -0.157. The Morgan fingerprint density at radius 3 is 2.39 bits per heavy atom. The molecule has 0 N–H and O–H groups in total. The van der Waals surface area contributed by atoms with Crippen molar-refractivity contribution in [3.8, 4) is 0 Å². The first-order valence-corrected chi connectivity index (χ1v) is 7.31. The van der Waals surface area contributed by atoms with Crippen LogP contribution in [-0.2, 0) is 12.7 Å². The van der Waals surface area contributed by atoms with Crippen LogP contribution >= 0.6 is 0 Å². The van der Waals surface area contributed by atoms with E-state index in [0.717, 1.165) is 30.7 Å². The van der Waals surface area contributed by atoms with E-state index in [-0.39, 0.29) is 11.8 Å². The first-order chi connectivity index (χ1) is 10.9. The first-order valence-electron chi connectivity index (χ1n) is 7.31. The van der Waals surface area contributed by atoms with E-state index in [0.29, 0.717) is 19.0 Å². The van der Waals surface area contributed by atoms with E-state index in [1.54, 1.807) is 17.0 Å². The van der Waals surface area contributed by atoms with E-state index in [1.165, 1.54) is 12.1 Å². The van der Waals surface area contributed by atoms with E-state index in [4.69, 9.17) is 0 Å². The fraction of sp³-hybridized carbons (Fsp3) is 0.375. The van der Waals surface area contributed by atoms with Gasteiger partial charge in [0.1, 0.15) is 11.5 Å². The lowest BCUT2D eigenvalue weighted by molar-refractivity contribution is -0.141. The highest BCUT2D eigenvalue weighted by Crippen LogP contribution is 2.32. The quantitative estimate of drug-likeness (QED) is 0.777. The number of halogens is 4. The van der Waals surface area contributed by atoms with Crippen LogP contribution in [0.4, 0.5) is 23.5 Å². The van der Waals surface area contributed by atoms with E-state index >= 15 is 0 Å². The van der Waals surface area contributed by atoms with Gasteiger partial charge in [0.15, 0.2) is 0 Å². The van der Waals surface area contributed by atoms with Crippen molar-refractivity contribution in [2.45, 2.75) is 25.6 Å². The van der Waals surface area contributed by atoms with Gasteiger partial charge in [-0.05, 0) is 42.5 Å². The average Bonchev–Trinajstić information content (AvgIpc) is 3.32. The Morgan fingerprint density at radius 1 is 1.09 bits per heavy atom. The van der Waals surface area contributed by atoms with Crippen molar-refractivity contribution in [2.75, 3.05) is 11.4 Å². The van der Waals surface area contributed by atoms with Gasteiger partial charge in [0.05, 0.1) is 0 Å². The summed E-state index contributed by atoms with van der Waals surface area (Å²) in [7, 11) is 0. The zero-order valence-electron chi connectivity index (χ0n) is 12.2. The highest BCUT2D eigenvalue weighted by atomic mass is 19.4. The number of benzene rings is 1. The molecule has 0 unspecified atom stereocenters. The van der Waals surface area contributed by atoms with Crippen molar-refractivity contribution < 1.29 is 17.6 Å². The van der Waals surface area contributed by atoms with Gasteiger partial charge in [-0.25, -0.2) is 14.4 Å². The average molecular weight is 325 g/mol. The molecule has 3 nitrogen and oxygen atoms in total. The lowest BCUT2D eigenvalue weighted by atomic mass is 10.2. The van der Waals surface area contributed by atoms with Gasteiger partial charge < -0.3 is 4.90 Å². The molecule has 1 aromatic carbocycles. The second-order valence-corrected chi connectivity index (χ2v) is 5.69. The van der Waals surface area contributed by atoms with Crippen molar-refractivity contribution in [1.82, 2.24) is 9.97 Å². The highest BCUT2D eigenvalue weighted by molar-refractivity contribution is 5.34. The molecule has 1 fully saturated rings. The lowest BCUT2D eigenvalue weighted by Crippen LogP contribution is -2.28. The fourth-order valence-electron chi connectivity index (χ4n) is 2.30. The van der Waals surface area contributed by atoms with E-state index in [9.17, 15) is 17.6 Å². The van der Waals surface area contributed by atoms with E-state index in [2.05, 4.69) is 9.97 Å². The summed E-state index contributed by atoms with van der Waals surface area (Å²) >= 11 is 0. The van der Waals surface area contributed by atoms with Crippen LogP contribution in [0.5, 0.6) is 0 Å². The molecule has 0 aliphatic heterocycles. The Labute approximate surface area is 131 Å². The maximum atomic E-state index is 13.0. The van der Waals surface area contributed by atoms with Crippen LogP contribution in [0.2, 0.25) is 0 Å². The summed E-state index contributed by atoms with van der Waals surface area (Å²) in [6, 6.07) is 6.75. The van der Waals surface area contributed by atoms with Gasteiger partial charge in [-0.1, -0.05) is 12.1 Å². The molecule has 2 aromatic rings. The molecule has 0 saturated heterocycles. The third kappa shape index (κ3) is 4.18. The van der Waals surface area contributed by atoms with Crippen LogP contribution in [-0.4, -0.2) is 16.5 Å². The second kappa shape index (κ2) is 6.14. The summed E-state index contributed by atoms with van der Waals surface area (Å²) in [6.45, 7) is 0.941. The third-order valence-corrected chi connectivity index (χ3v) is 3.68. The summed E-state index contributed by atoms with van der Waals surface area (Å²) in [5, 5.41) is 0. The molecule has 0 amide bonds. The molecule has 1 saturated carbocycles. The first kappa shape index (κ1) is 15.7. The van der Waals surface area contributed by atoms with Crippen LogP contribution in [0.15, 0.2) is 36.5 Å². The number of hydrogen-bond acceptors (Lipinski definition) is 3. The Morgan fingerprint density at radius 2 is 1.78 bits per heavy atom. The molecule has 122 valence electrons. The van der Waals surface area contributed by atoms with Gasteiger partial charge in [0.2, 0.25) is 5.95 Å². The molecule has 7 heteroatoms. The van der Waals surface area contributed by atoms with Gasteiger partial charge in [0.25, 0.3) is 0 Å². The number of hydrogen-bond donors (Lipinski definition) is 0. The van der Waals surface area contributed by atoms with E-state index < -0.39 is 11.9 Å². The van der Waals surface area contributed by atoms with Gasteiger partial charge in [0, 0.05) is 19.3 Å². The molecule has 0 bridgehead atoms. The smallest absolute Gasteiger partial charge is 0.336 e. The largest absolute Gasteiger partial charge is 0.433 e. The molecule has 0 atom stereocenters. The number of anilines is 1. The predicted molar refractivity (Wildman–Crippen MR) is 77.2 cm³/mol. The zero-order chi connectivity index (χ0) is 16.4. The maximum absolute atomic E-state index is 13.0. The third-order valence-electron chi connectivity index (χ3n) is 3.68. The fourth-order valence-corrected chi connectivity index (χ4v) is 2.30. The van der Waals surface area contributed by atoms with Gasteiger partial charge in [-0.15, -0.1) is 0 Å². The summed E-state index contributed by atoms with van der Waals surface area (Å²) in [5.74, 6) is 0.155. The lowest BCUT2D eigenvalue weighted by Gasteiger charge is -2.23. The topological polar surface area (TPSA) is 29.0 Å². The normalized spacial score (nSPS) is 14.8. The predicted octanol–water partition coefficient (Wildman–Crippen LogP) is 4.05. The Balaban J connectivity index is 1.84. The SMILES string of the molecule is Fc1ccc(CN(CC2CC2)c2nccc(C(F)(F)F)n2)cc1. The molecule has 0 radical (unpaired) electrons. The molecule has 3 rings (SSSR count). The molecule has 1 aliphatic rings. The Kier molecular flexibility index (Phi) is 4.19. The minimum Gasteiger partial charge on any atom is -0.336 e. The minimum absolute atomic E-state index is 0.0519. The van der Waals surface area contributed by atoms with Gasteiger partial charge in [-0.2, -0.15) is 13.2 Å². The Bertz CT molecular complexity index is 666. The van der Waals surface area contributed by atoms with Crippen LogP contribution in [0.25, 0.3) is 0 Å². The monoisotopic (exact) mass is 325 g/mol. The summed E-state index contributed by atoms with van der Waals surface area (Å²) in [6.07, 6.45) is -1.27. The maximum Gasteiger partial charge on any atom is 0.433 e. The van der Waals surface area contributed by atoms with Gasteiger partial charge in [-0.3, -0.25) is 0 Å². The van der Waals surface area contributed by atoms with Crippen LogP contribution in [0.1, 0.15) is 24.1 Å². The molecule has 1 aromatic heterocycles. The number of alkyl halides is 3. The van der Waals surface area contributed by atoms with Crippen LogP contribution < -0.4 is 4.90 Å². The van der Waals surface area contributed by atoms with Crippen LogP contribution in [0.3, 0.4) is 0 Å². The number of nitrogens with zero attached hydrogens (tertiary/aromatic N) is 3. The van der Waals surface area contributed by atoms with Crippen molar-refractivity contribution in [3.05, 3.63) is 53.6 Å². The second-order valence-electron chi connectivity index (χ2n) is 5.69. The Hall–Kier alpha value is -2.18. The van der Waals surface area contributed by atoms with Crippen molar-refractivity contribution in [2.24, 2.45) is 5.92 Å². The molecule has 23 heavy (non-hydrogen) atoms. The summed E-state index contributed by atoms with van der Waals surface area (Å²) in [4.78, 5) is 9.37. The van der Waals surface area contributed by atoms with E-state index in [1.807, 2.05) is 0 Å². The minimum atomic E-state index is -4.50. The molecular formula is C16H15F4N3. The van der Waals surface area contributed by atoms with Gasteiger partial charge >= 0.3 is 6.18 Å². The summed E-state index contributed by atoms with van der Waals surface area (Å²) < 4.78 is 51.5. The standard InChI is InChI=1S/C16H15F4N3/c17-13-5-3-12(4-6-13)10-23(9-11-1-2-11)15-21-8-7-14(22-15)16(18,19)20/h3-8,11H,1-2,9-10H2. The van der Waals surface area contributed by atoms with Crippen molar-refractivity contribution in [3.63, 3.8) is 0 Å². The molecular weight excluding hydrogens is 310 g/mol. The number of rotatable bonds is 5. The number of aromatic nitrogens is 2. The molecule has 1 heterocycles. The molecule has 0 spiro atoms. The highest BCUT2D eigenvalue weighted by Gasteiger charge is 2.34. The van der Waals surface area contributed by atoms with Crippen molar-refractivity contribution in [1.29, 1.82) is 0 Å². The molecule has 1 aliphatic carbocycles. The van der Waals surface area contributed by atoms with Crippen LogP contribution in [0, 0.1) is 11.7 Å².